The Morgan fingerprint density at radius 3 is 2.43 bits per heavy atom. The molecule has 0 fully saturated rings. The number of anilines is 1. The molecule has 3 rings (SSSR count). The van der Waals surface area contributed by atoms with Gasteiger partial charge < -0.3 is 0 Å². The van der Waals surface area contributed by atoms with Gasteiger partial charge in [-0.05, 0) is 30.0 Å². The van der Waals surface area contributed by atoms with Gasteiger partial charge in [0.15, 0.2) is 5.78 Å². The van der Waals surface area contributed by atoms with Crippen LogP contribution in [0.2, 0.25) is 0 Å². The Kier molecular flexibility index (Phi) is 4.22. The van der Waals surface area contributed by atoms with Crippen molar-refractivity contribution in [3.63, 3.8) is 0 Å². The summed E-state index contributed by atoms with van der Waals surface area (Å²) in [7, 11) is -3.45. The summed E-state index contributed by atoms with van der Waals surface area (Å²) in [4.78, 5) is 12.1. The molecular weight excluding hydrogens is 310 g/mol. The van der Waals surface area contributed by atoms with Crippen molar-refractivity contribution in [2.75, 3.05) is 10.6 Å². The SMILES string of the molecule is CS(=O)(=O)N(Cc1ccccc1)c1cccc2c1CCCC2=O. The van der Waals surface area contributed by atoms with E-state index in [4.69, 9.17) is 0 Å². The monoisotopic (exact) mass is 329 g/mol. The van der Waals surface area contributed by atoms with E-state index in [1.165, 1.54) is 10.6 Å². The van der Waals surface area contributed by atoms with Crippen LogP contribution in [0.15, 0.2) is 48.5 Å². The van der Waals surface area contributed by atoms with Crippen molar-refractivity contribution < 1.29 is 13.2 Å². The maximum absolute atomic E-state index is 12.3. The molecule has 0 saturated heterocycles. The molecule has 4 nitrogen and oxygen atoms in total. The first-order chi connectivity index (χ1) is 11.0. The molecule has 0 N–H and O–H groups in total. The molecule has 5 heteroatoms. The molecule has 0 aliphatic heterocycles. The lowest BCUT2D eigenvalue weighted by atomic mass is 9.89. The van der Waals surface area contributed by atoms with E-state index in [0.717, 1.165) is 24.0 Å². The molecule has 0 atom stereocenters. The van der Waals surface area contributed by atoms with Crippen LogP contribution in [-0.4, -0.2) is 20.5 Å². The van der Waals surface area contributed by atoms with Gasteiger partial charge in [-0.25, -0.2) is 8.42 Å². The topological polar surface area (TPSA) is 54.5 Å². The minimum atomic E-state index is -3.45. The number of sulfonamides is 1. The van der Waals surface area contributed by atoms with Crippen LogP contribution in [0.1, 0.15) is 34.3 Å². The molecule has 0 saturated carbocycles. The van der Waals surface area contributed by atoms with E-state index in [0.29, 0.717) is 17.7 Å². The number of hydrogen-bond acceptors (Lipinski definition) is 3. The third kappa shape index (κ3) is 3.29. The molecule has 0 aromatic heterocycles. The molecular formula is C18H19NO3S. The zero-order chi connectivity index (χ0) is 16.4. The maximum atomic E-state index is 12.3. The van der Waals surface area contributed by atoms with Gasteiger partial charge in [0, 0.05) is 12.0 Å². The van der Waals surface area contributed by atoms with Gasteiger partial charge >= 0.3 is 0 Å². The van der Waals surface area contributed by atoms with Gasteiger partial charge in [-0.15, -0.1) is 0 Å². The van der Waals surface area contributed by atoms with Crippen molar-refractivity contribution in [3.05, 3.63) is 65.2 Å². The minimum absolute atomic E-state index is 0.0984. The van der Waals surface area contributed by atoms with Crippen LogP contribution in [0.3, 0.4) is 0 Å². The molecule has 0 radical (unpaired) electrons. The fraction of sp³-hybridized carbons (Fsp3) is 0.278. The second kappa shape index (κ2) is 6.16. The highest BCUT2D eigenvalue weighted by molar-refractivity contribution is 7.92. The van der Waals surface area contributed by atoms with Crippen LogP contribution in [-0.2, 0) is 23.0 Å². The van der Waals surface area contributed by atoms with Crippen LogP contribution in [0.4, 0.5) is 5.69 Å². The first-order valence-electron chi connectivity index (χ1n) is 7.63. The largest absolute Gasteiger partial charge is 0.294 e. The highest BCUT2D eigenvalue weighted by Crippen LogP contribution is 2.32. The number of ketones is 1. The summed E-state index contributed by atoms with van der Waals surface area (Å²) >= 11 is 0. The molecule has 1 aliphatic carbocycles. The Bertz CT molecular complexity index is 829. The van der Waals surface area contributed by atoms with Gasteiger partial charge in [0.05, 0.1) is 18.5 Å². The van der Waals surface area contributed by atoms with Gasteiger partial charge in [0.25, 0.3) is 0 Å². The maximum Gasteiger partial charge on any atom is 0.232 e. The standard InChI is InChI=1S/C18H19NO3S/c1-23(21,22)19(13-14-7-3-2-4-8-14)17-11-5-10-16-15(17)9-6-12-18(16)20/h2-5,7-8,10-11H,6,9,12-13H2,1H3. The van der Waals surface area contributed by atoms with Crippen molar-refractivity contribution in [1.82, 2.24) is 0 Å². The van der Waals surface area contributed by atoms with Crippen LogP contribution >= 0.6 is 0 Å². The summed E-state index contributed by atoms with van der Waals surface area (Å²) in [6.07, 6.45) is 3.25. The Morgan fingerprint density at radius 2 is 1.74 bits per heavy atom. The van der Waals surface area contributed by atoms with Crippen molar-refractivity contribution >= 4 is 21.5 Å². The smallest absolute Gasteiger partial charge is 0.232 e. The second-order valence-electron chi connectivity index (χ2n) is 5.84. The molecule has 23 heavy (non-hydrogen) atoms. The lowest BCUT2D eigenvalue weighted by molar-refractivity contribution is 0.0972. The van der Waals surface area contributed by atoms with E-state index in [9.17, 15) is 13.2 Å². The molecule has 1 aliphatic rings. The number of rotatable bonds is 4. The van der Waals surface area contributed by atoms with Crippen LogP contribution in [0.25, 0.3) is 0 Å². The predicted molar refractivity (Wildman–Crippen MR) is 91.2 cm³/mol. The summed E-state index contributed by atoms with van der Waals surface area (Å²) in [5, 5.41) is 0. The fourth-order valence-electron chi connectivity index (χ4n) is 3.02. The fourth-order valence-corrected chi connectivity index (χ4v) is 3.93. The van der Waals surface area contributed by atoms with Crippen LogP contribution in [0.5, 0.6) is 0 Å². The minimum Gasteiger partial charge on any atom is -0.294 e. The van der Waals surface area contributed by atoms with E-state index < -0.39 is 10.0 Å². The molecule has 0 heterocycles. The van der Waals surface area contributed by atoms with Crippen LogP contribution in [0, 0.1) is 0 Å². The van der Waals surface area contributed by atoms with Gasteiger partial charge in [-0.2, -0.15) is 0 Å². The molecule has 0 amide bonds. The Balaban J connectivity index is 2.08. The van der Waals surface area contributed by atoms with Gasteiger partial charge in [-0.3, -0.25) is 9.10 Å². The highest BCUT2D eigenvalue weighted by atomic mass is 32.2. The normalized spacial score (nSPS) is 14.4. The summed E-state index contributed by atoms with van der Waals surface area (Å²) < 4.78 is 26.1. The molecule has 120 valence electrons. The number of hydrogen-bond donors (Lipinski definition) is 0. The number of carbonyl (C=O) groups excluding carboxylic acids is 1. The summed E-state index contributed by atoms with van der Waals surface area (Å²) in [5.74, 6) is 0.0984. The number of fused-ring (bicyclic) bond motifs is 1. The van der Waals surface area contributed by atoms with Gasteiger partial charge in [-0.1, -0.05) is 42.5 Å². The first-order valence-corrected chi connectivity index (χ1v) is 9.48. The molecule has 0 bridgehead atoms. The van der Waals surface area contributed by atoms with E-state index in [1.807, 2.05) is 30.3 Å². The third-order valence-electron chi connectivity index (χ3n) is 4.12. The number of carbonyl (C=O) groups is 1. The van der Waals surface area contributed by atoms with Crippen molar-refractivity contribution in [2.24, 2.45) is 0 Å². The van der Waals surface area contributed by atoms with E-state index in [1.54, 1.807) is 18.2 Å². The molecule has 2 aromatic carbocycles. The zero-order valence-electron chi connectivity index (χ0n) is 13.0. The number of nitrogens with zero attached hydrogens (tertiary/aromatic N) is 1. The molecule has 0 unspecified atom stereocenters. The van der Waals surface area contributed by atoms with E-state index in [2.05, 4.69) is 0 Å². The summed E-state index contributed by atoms with van der Waals surface area (Å²) in [6, 6.07) is 14.8. The first kappa shape index (κ1) is 15.7. The van der Waals surface area contributed by atoms with E-state index in [-0.39, 0.29) is 12.3 Å². The van der Waals surface area contributed by atoms with Crippen molar-refractivity contribution in [1.29, 1.82) is 0 Å². The zero-order valence-corrected chi connectivity index (χ0v) is 13.8. The Labute approximate surface area is 136 Å². The lowest BCUT2D eigenvalue weighted by Gasteiger charge is -2.27. The molecule has 0 spiro atoms. The van der Waals surface area contributed by atoms with E-state index >= 15 is 0 Å². The van der Waals surface area contributed by atoms with Crippen molar-refractivity contribution in [2.45, 2.75) is 25.8 Å². The average molecular weight is 329 g/mol. The third-order valence-corrected chi connectivity index (χ3v) is 5.25. The Morgan fingerprint density at radius 1 is 1.00 bits per heavy atom. The lowest BCUT2D eigenvalue weighted by Crippen LogP contribution is -2.31. The van der Waals surface area contributed by atoms with Crippen LogP contribution < -0.4 is 4.31 Å². The number of Topliss-reactive ketones (excluding diaryl/α,β-unsaturated/α-hetero) is 1. The molecule has 2 aromatic rings. The highest BCUT2D eigenvalue weighted by Gasteiger charge is 2.26. The van der Waals surface area contributed by atoms with Gasteiger partial charge in [0.2, 0.25) is 10.0 Å². The predicted octanol–water partition coefficient (Wildman–Crippen LogP) is 3.17. The summed E-state index contributed by atoms with van der Waals surface area (Å²) in [5.41, 5.74) is 3.06. The van der Waals surface area contributed by atoms with Gasteiger partial charge in [0.1, 0.15) is 0 Å². The summed E-state index contributed by atoms with van der Waals surface area (Å²) in [6.45, 7) is 0.268. The average Bonchev–Trinajstić information content (AvgIpc) is 2.53. The van der Waals surface area contributed by atoms with Crippen molar-refractivity contribution in [3.8, 4) is 0 Å². The Hall–Kier alpha value is -2.14. The quantitative estimate of drug-likeness (QED) is 0.866. The number of benzene rings is 2. The second-order valence-corrected chi connectivity index (χ2v) is 7.74.